The van der Waals surface area contributed by atoms with Crippen LogP contribution in [0, 0.1) is 5.92 Å². The van der Waals surface area contributed by atoms with E-state index in [1.807, 2.05) is 0 Å². The molecule has 86 valence electrons. The molecule has 1 saturated heterocycles. The number of ketones is 1. The SMILES string of the molecule is O=C(c1nc2c(s1)CCC2)C1CCNCC1. The molecule has 2 heterocycles. The molecular weight excluding hydrogens is 220 g/mol. The Morgan fingerprint density at radius 1 is 1.31 bits per heavy atom. The van der Waals surface area contributed by atoms with Crippen molar-refractivity contribution in [2.45, 2.75) is 32.1 Å². The van der Waals surface area contributed by atoms with E-state index in [1.54, 1.807) is 11.3 Å². The Kier molecular flexibility index (Phi) is 2.77. The third-order valence-electron chi connectivity index (χ3n) is 3.52. The number of piperidine rings is 1. The van der Waals surface area contributed by atoms with E-state index in [0.717, 1.165) is 43.8 Å². The Bertz CT molecular complexity index is 386. The van der Waals surface area contributed by atoms with Crippen molar-refractivity contribution < 1.29 is 4.79 Å². The van der Waals surface area contributed by atoms with E-state index in [-0.39, 0.29) is 5.92 Å². The minimum atomic E-state index is 0.215. The zero-order valence-corrected chi connectivity index (χ0v) is 10.1. The number of hydrogen-bond acceptors (Lipinski definition) is 4. The van der Waals surface area contributed by atoms with Gasteiger partial charge >= 0.3 is 0 Å². The van der Waals surface area contributed by atoms with Crippen LogP contribution in [0.3, 0.4) is 0 Å². The van der Waals surface area contributed by atoms with Gasteiger partial charge < -0.3 is 5.32 Å². The Morgan fingerprint density at radius 3 is 2.88 bits per heavy atom. The van der Waals surface area contributed by atoms with Gasteiger partial charge in [0.1, 0.15) is 0 Å². The highest BCUT2D eigenvalue weighted by Gasteiger charge is 2.27. The van der Waals surface area contributed by atoms with Crippen molar-refractivity contribution in [3.05, 3.63) is 15.6 Å². The summed E-state index contributed by atoms with van der Waals surface area (Å²) >= 11 is 1.64. The zero-order chi connectivity index (χ0) is 11.0. The monoisotopic (exact) mass is 236 g/mol. The van der Waals surface area contributed by atoms with E-state index in [4.69, 9.17) is 0 Å². The maximum absolute atomic E-state index is 12.2. The molecule has 0 bridgehead atoms. The average Bonchev–Trinajstić information content (AvgIpc) is 2.89. The van der Waals surface area contributed by atoms with Crippen LogP contribution in [-0.4, -0.2) is 23.9 Å². The number of Topliss-reactive ketones (excluding diaryl/α,β-unsaturated/α-hetero) is 1. The second-order valence-electron chi connectivity index (χ2n) is 4.63. The second kappa shape index (κ2) is 4.26. The predicted molar refractivity (Wildman–Crippen MR) is 64.1 cm³/mol. The van der Waals surface area contributed by atoms with Gasteiger partial charge in [-0.25, -0.2) is 4.98 Å². The summed E-state index contributed by atoms with van der Waals surface area (Å²) in [5, 5.41) is 4.07. The van der Waals surface area contributed by atoms with Gasteiger partial charge in [-0.3, -0.25) is 4.79 Å². The first-order chi connectivity index (χ1) is 7.84. The first-order valence-corrected chi connectivity index (χ1v) is 6.90. The highest BCUT2D eigenvalue weighted by molar-refractivity contribution is 7.13. The van der Waals surface area contributed by atoms with Gasteiger partial charge in [0.15, 0.2) is 10.8 Å². The Hall–Kier alpha value is -0.740. The Labute approximate surface area is 99.3 Å². The normalized spacial score (nSPS) is 21.0. The molecule has 1 aliphatic heterocycles. The molecule has 2 aliphatic rings. The summed E-state index contributed by atoms with van der Waals surface area (Å²) in [6, 6.07) is 0. The van der Waals surface area contributed by atoms with Gasteiger partial charge in [-0.2, -0.15) is 0 Å². The number of aryl methyl sites for hydroxylation is 2. The summed E-state index contributed by atoms with van der Waals surface area (Å²) in [6.45, 7) is 1.95. The maximum atomic E-state index is 12.2. The number of carbonyl (C=O) groups excluding carboxylic acids is 1. The zero-order valence-electron chi connectivity index (χ0n) is 9.29. The minimum absolute atomic E-state index is 0.215. The van der Waals surface area contributed by atoms with E-state index in [2.05, 4.69) is 10.3 Å². The molecule has 1 aliphatic carbocycles. The molecule has 0 aromatic carbocycles. The lowest BCUT2D eigenvalue weighted by atomic mass is 9.94. The standard InChI is InChI=1S/C12H16N2OS/c15-11(8-4-6-13-7-5-8)12-14-9-2-1-3-10(9)16-12/h8,13H,1-7H2. The number of nitrogens with one attached hydrogen (secondary N) is 1. The predicted octanol–water partition coefficient (Wildman–Crippen LogP) is 1.81. The first kappa shape index (κ1) is 10.4. The van der Waals surface area contributed by atoms with Crippen LogP contribution >= 0.6 is 11.3 Å². The molecule has 1 N–H and O–H groups in total. The number of aromatic nitrogens is 1. The number of carbonyl (C=O) groups is 1. The van der Waals surface area contributed by atoms with Gasteiger partial charge in [-0.15, -0.1) is 11.3 Å². The van der Waals surface area contributed by atoms with Gasteiger partial charge in [0.25, 0.3) is 0 Å². The third kappa shape index (κ3) is 1.80. The fourth-order valence-electron chi connectivity index (χ4n) is 2.55. The lowest BCUT2D eigenvalue weighted by molar-refractivity contribution is 0.0894. The third-order valence-corrected chi connectivity index (χ3v) is 4.69. The van der Waals surface area contributed by atoms with Crippen molar-refractivity contribution in [1.82, 2.24) is 10.3 Å². The molecule has 16 heavy (non-hydrogen) atoms. The van der Waals surface area contributed by atoms with Crippen molar-refractivity contribution in [1.29, 1.82) is 0 Å². The highest BCUT2D eigenvalue weighted by Crippen LogP contribution is 2.30. The van der Waals surface area contributed by atoms with Gasteiger partial charge in [-0.1, -0.05) is 0 Å². The van der Waals surface area contributed by atoms with E-state index in [1.165, 1.54) is 17.0 Å². The molecule has 1 aromatic heterocycles. The van der Waals surface area contributed by atoms with Crippen molar-refractivity contribution in [3.8, 4) is 0 Å². The van der Waals surface area contributed by atoms with Crippen LogP contribution in [0.2, 0.25) is 0 Å². The summed E-state index contributed by atoms with van der Waals surface area (Å²) in [7, 11) is 0. The summed E-state index contributed by atoms with van der Waals surface area (Å²) in [6.07, 6.45) is 5.37. The van der Waals surface area contributed by atoms with Crippen molar-refractivity contribution in [2.75, 3.05) is 13.1 Å². The number of thiazole rings is 1. The van der Waals surface area contributed by atoms with Crippen LogP contribution < -0.4 is 5.32 Å². The van der Waals surface area contributed by atoms with Crippen molar-refractivity contribution >= 4 is 17.1 Å². The van der Waals surface area contributed by atoms with Gasteiger partial charge in [0.05, 0.1) is 5.69 Å². The molecule has 0 atom stereocenters. The van der Waals surface area contributed by atoms with Gasteiger partial charge in [-0.05, 0) is 45.2 Å². The molecule has 3 rings (SSSR count). The first-order valence-electron chi connectivity index (χ1n) is 6.08. The lowest BCUT2D eigenvalue weighted by Gasteiger charge is -2.20. The number of fused-ring (bicyclic) bond motifs is 1. The van der Waals surface area contributed by atoms with E-state index in [0.29, 0.717) is 5.78 Å². The number of rotatable bonds is 2. The summed E-state index contributed by atoms with van der Waals surface area (Å²) in [4.78, 5) is 18.1. The topological polar surface area (TPSA) is 42.0 Å². The summed E-state index contributed by atoms with van der Waals surface area (Å²) < 4.78 is 0. The van der Waals surface area contributed by atoms with Crippen LogP contribution in [0.25, 0.3) is 0 Å². The van der Waals surface area contributed by atoms with Crippen LogP contribution in [-0.2, 0) is 12.8 Å². The van der Waals surface area contributed by atoms with E-state index in [9.17, 15) is 4.79 Å². The average molecular weight is 236 g/mol. The fourth-order valence-corrected chi connectivity index (χ4v) is 3.72. The molecule has 4 heteroatoms. The van der Waals surface area contributed by atoms with E-state index >= 15 is 0 Å². The van der Waals surface area contributed by atoms with Crippen LogP contribution in [0.4, 0.5) is 0 Å². The molecular formula is C12H16N2OS. The van der Waals surface area contributed by atoms with Crippen LogP contribution in [0.15, 0.2) is 0 Å². The quantitative estimate of drug-likeness (QED) is 0.796. The Balaban J connectivity index is 1.78. The van der Waals surface area contributed by atoms with Crippen LogP contribution in [0.5, 0.6) is 0 Å². The van der Waals surface area contributed by atoms with Gasteiger partial charge in [0, 0.05) is 10.8 Å². The molecule has 0 saturated carbocycles. The molecule has 1 aromatic rings. The summed E-state index contributed by atoms with van der Waals surface area (Å²) in [5.41, 5.74) is 1.20. The largest absolute Gasteiger partial charge is 0.317 e. The molecule has 0 spiro atoms. The van der Waals surface area contributed by atoms with Gasteiger partial charge in [0.2, 0.25) is 0 Å². The molecule has 0 amide bonds. The number of hydrogen-bond donors (Lipinski definition) is 1. The smallest absolute Gasteiger partial charge is 0.194 e. The molecule has 1 fully saturated rings. The maximum Gasteiger partial charge on any atom is 0.194 e. The van der Waals surface area contributed by atoms with Crippen LogP contribution in [0.1, 0.15) is 39.6 Å². The summed E-state index contributed by atoms with van der Waals surface area (Å²) in [5.74, 6) is 0.508. The molecule has 0 radical (unpaired) electrons. The highest BCUT2D eigenvalue weighted by atomic mass is 32.1. The van der Waals surface area contributed by atoms with Crippen molar-refractivity contribution in [3.63, 3.8) is 0 Å². The lowest BCUT2D eigenvalue weighted by Crippen LogP contribution is -2.31. The molecule has 0 unspecified atom stereocenters. The minimum Gasteiger partial charge on any atom is -0.317 e. The Morgan fingerprint density at radius 2 is 2.12 bits per heavy atom. The fraction of sp³-hybridized carbons (Fsp3) is 0.667. The molecule has 3 nitrogen and oxygen atoms in total. The van der Waals surface area contributed by atoms with E-state index < -0.39 is 0 Å². The number of nitrogens with zero attached hydrogens (tertiary/aromatic N) is 1. The van der Waals surface area contributed by atoms with Crippen molar-refractivity contribution in [2.24, 2.45) is 5.92 Å². The second-order valence-corrected chi connectivity index (χ2v) is 5.71.